The molecule has 1 aliphatic rings. The van der Waals surface area contributed by atoms with Crippen molar-refractivity contribution < 1.29 is 4.74 Å². The summed E-state index contributed by atoms with van der Waals surface area (Å²) in [6.07, 6.45) is 4.59. The number of rotatable bonds is 5. The van der Waals surface area contributed by atoms with Crippen LogP contribution in [0.1, 0.15) is 46.5 Å². The maximum Gasteiger partial charge on any atom is 0.239 e. The van der Waals surface area contributed by atoms with E-state index in [1.807, 2.05) is 12.1 Å². The second-order valence-electron chi connectivity index (χ2n) is 5.31. The number of hydrogen-bond acceptors (Lipinski definition) is 4. The number of nitrogens with two attached hydrogens (primary N) is 1. The molecule has 0 saturated carbocycles. The molecule has 2 heterocycles. The Hall–Kier alpha value is -1.45. The second kappa shape index (κ2) is 6.13. The quantitative estimate of drug-likeness (QED) is 0.886. The fourth-order valence-corrected chi connectivity index (χ4v) is 2.78. The van der Waals surface area contributed by atoms with Crippen molar-refractivity contribution in [2.45, 2.75) is 58.5 Å². The summed E-state index contributed by atoms with van der Waals surface area (Å²) in [4.78, 5) is 7.03. The molecule has 2 rings (SSSR count). The molecular formula is C15H25N3O. The lowest BCUT2D eigenvalue weighted by Gasteiger charge is -2.29. The maximum atomic E-state index is 5.92. The van der Waals surface area contributed by atoms with Gasteiger partial charge in [0.05, 0.1) is 12.3 Å². The predicted octanol–water partition coefficient (Wildman–Crippen LogP) is 3.22. The van der Waals surface area contributed by atoms with Crippen molar-refractivity contribution in [2.24, 2.45) is 0 Å². The molecule has 0 aromatic carbocycles. The molecule has 0 aliphatic carbocycles. The van der Waals surface area contributed by atoms with Crippen LogP contribution < -0.4 is 15.4 Å². The zero-order valence-corrected chi connectivity index (χ0v) is 12.2. The second-order valence-corrected chi connectivity index (χ2v) is 5.31. The molecule has 0 spiro atoms. The van der Waals surface area contributed by atoms with Gasteiger partial charge in [0.2, 0.25) is 5.88 Å². The minimum absolute atomic E-state index is 0.542. The molecule has 0 amide bonds. The van der Waals surface area contributed by atoms with Crippen LogP contribution in [-0.2, 0) is 0 Å². The van der Waals surface area contributed by atoms with Gasteiger partial charge in [-0.1, -0.05) is 13.8 Å². The lowest BCUT2D eigenvalue weighted by molar-refractivity contribution is 0.307. The third-order valence-electron chi connectivity index (χ3n) is 3.84. The van der Waals surface area contributed by atoms with Gasteiger partial charge in [0.15, 0.2) is 0 Å². The number of nitrogen functional groups attached to an aromatic ring is 1. The molecule has 4 nitrogen and oxygen atoms in total. The molecule has 0 bridgehead atoms. The summed E-state index contributed by atoms with van der Waals surface area (Å²) in [5, 5.41) is 0. The van der Waals surface area contributed by atoms with Gasteiger partial charge in [-0.15, -0.1) is 0 Å². The summed E-state index contributed by atoms with van der Waals surface area (Å²) >= 11 is 0. The fourth-order valence-electron chi connectivity index (χ4n) is 2.78. The van der Waals surface area contributed by atoms with E-state index in [9.17, 15) is 0 Å². The smallest absolute Gasteiger partial charge is 0.239 e. The molecule has 1 saturated heterocycles. The van der Waals surface area contributed by atoms with Crippen LogP contribution in [-0.4, -0.2) is 23.7 Å². The largest absolute Gasteiger partial charge is 0.476 e. The SMILES string of the molecule is CCCOc1nc(N2C(C)CCC2CC)ccc1N. The average Bonchev–Trinajstić information content (AvgIpc) is 2.79. The molecule has 2 N–H and O–H groups in total. The van der Waals surface area contributed by atoms with E-state index in [1.54, 1.807) is 0 Å². The van der Waals surface area contributed by atoms with Gasteiger partial charge >= 0.3 is 0 Å². The van der Waals surface area contributed by atoms with E-state index in [0.717, 1.165) is 18.7 Å². The van der Waals surface area contributed by atoms with Crippen molar-refractivity contribution in [3.63, 3.8) is 0 Å². The number of ether oxygens (including phenoxy) is 1. The summed E-state index contributed by atoms with van der Waals surface area (Å²) in [5.41, 5.74) is 6.55. The van der Waals surface area contributed by atoms with E-state index in [4.69, 9.17) is 10.5 Å². The van der Waals surface area contributed by atoms with Gasteiger partial charge in [0.25, 0.3) is 0 Å². The minimum atomic E-state index is 0.542. The molecule has 1 aromatic rings. The van der Waals surface area contributed by atoms with Crippen molar-refractivity contribution >= 4 is 11.5 Å². The summed E-state index contributed by atoms with van der Waals surface area (Å²) in [7, 11) is 0. The zero-order valence-electron chi connectivity index (χ0n) is 12.2. The van der Waals surface area contributed by atoms with Crippen molar-refractivity contribution in [1.82, 2.24) is 4.98 Å². The van der Waals surface area contributed by atoms with E-state index in [2.05, 4.69) is 30.7 Å². The third kappa shape index (κ3) is 2.94. The predicted molar refractivity (Wildman–Crippen MR) is 79.7 cm³/mol. The fraction of sp³-hybridized carbons (Fsp3) is 0.667. The van der Waals surface area contributed by atoms with E-state index in [0.29, 0.717) is 30.3 Å². The normalized spacial score (nSPS) is 22.8. The summed E-state index contributed by atoms with van der Waals surface area (Å²) < 4.78 is 5.63. The lowest BCUT2D eigenvalue weighted by Crippen LogP contribution is -2.34. The topological polar surface area (TPSA) is 51.4 Å². The molecular weight excluding hydrogens is 238 g/mol. The Bertz CT molecular complexity index is 422. The Morgan fingerprint density at radius 3 is 2.84 bits per heavy atom. The van der Waals surface area contributed by atoms with Gasteiger partial charge in [-0.3, -0.25) is 0 Å². The highest BCUT2D eigenvalue weighted by Gasteiger charge is 2.30. The Labute approximate surface area is 116 Å². The van der Waals surface area contributed by atoms with E-state index < -0.39 is 0 Å². The first-order valence-corrected chi connectivity index (χ1v) is 7.35. The van der Waals surface area contributed by atoms with Crippen molar-refractivity contribution in [3.05, 3.63) is 12.1 Å². The number of nitrogens with zero attached hydrogens (tertiary/aromatic N) is 2. The van der Waals surface area contributed by atoms with Gasteiger partial charge in [-0.25, -0.2) is 0 Å². The highest BCUT2D eigenvalue weighted by atomic mass is 16.5. The van der Waals surface area contributed by atoms with Crippen LogP contribution in [0.5, 0.6) is 5.88 Å². The molecule has 106 valence electrons. The standard InChI is InChI=1S/C15H25N3O/c1-4-10-19-15-13(16)8-9-14(17-15)18-11(3)6-7-12(18)5-2/h8-9,11-12H,4-7,10,16H2,1-3H3. The van der Waals surface area contributed by atoms with Gasteiger partial charge < -0.3 is 15.4 Å². The third-order valence-corrected chi connectivity index (χ3v) is 3.84. The number of hydrogen-bond donors (Lipinski definition) is 1. The average molecular weight is 263 g/mol. The monoisotopic (exact) mass is 263 g/mol. The van der Waals surface area contributed by atoms with Crippen molar-refractivity contribution in [1.29, 1.82) is 0 Å². The lowest BCUT2D eigenvalue weighted by atomic mass is 10.1. The zero-order chi connectivity index (χ0) is 13.8. The summed E-state index contributed by atoms with van der Waals surface area (Å²) in [5.74, 6) is 1.57. The molecule has 19 heavy (non-hydrogen) atoms. The van der Waals surface area contributed by atoms with E-state index >= 15 is 0 Å². The van der Waals surface area contributed by atoms with Crippen molar-refractivity contribution in [3.8, 4) is 5.88 Å². The van der Waals surface area contributed by atoms with Gasteiger partial charge in [-0.05, 0) is 44.7 Å². The minimum Gasteiger partial charge on any atom is -0.476 e. The molecule has 1 aromatic heterocycles. The van der Waals surface area contributed by atoms with E-state index in [1.165, 1.54) is 12.8 Å². The Balaban J connectivity index is 2.24. The molecule has 2 atom stereocenters. The van der Waals surface area contributed by atoms with Crippen LogP contribution in [0.3, 0.4) is 0 Å². The first-order valence-electron chi connectivity index (χ1n) is 7.35. The molecule has 2 unspecified atom stereocenters. The number of pyridine rings is 1. The van der Waals surface area contributed by atoms with Crippen LogP contribution in [0.2, 0.25) is 0 Å². The maximum absolute atomic E-state index is 5.92. The van der Waals surface area contributed by atoms with Crippen LogP contribution in [0, 0.1) is 0 Å². The van der Waals surface area contributed by atoms with E-state index in [-0.39, 0.29) is 0 Å². The number of aromatic nitrogens is 1. The Morgan fingerprint density at radius 2 is 2.16 bits per heavy atom. The first-order chi connectivity index (χ1) is 9.17. The van der Waals surface area contributed by atoms with Gasteiger partial charge in [0, 0.05) is 12.1 Å². The van der Waals surface area contributed by atoms with Crippen LogP contribution in [0.4, 0.5) is 11.5 Å². The van der Waals surface area contributed by atoms with Crippen LogP contribution in [0.15, 0.2) is 12.1 Å². The Morgan fingerprint density at radius 1 is 1.37 bits per heavy atom. The van der Waals surface area contributed by atoms with Crippen molar-refractivity contribution in [2.75, 3.05) is 17.2 Å². The molecule has 0 radical (unpaired) electrons. The number of anilines is 2. The summed E-state index contributed by atoms with van der Waals surface area (Å²) in [6.45, 7) is 7.24. The van der Waals surface area contributed by atoms with Gasteiger partial charge in [-0.2, -0.15) is 4.98 Å². The highest BCUT2D eigenvalue weighted by molar-refractivity contribution is 5.55. The van der Waals surface area contributed by atoms with Gasteiger partial charge in [0.1, 0.15) is 5.82 Å². The molecule has 1 aliphatic heterocycles. The summed E-state index contributed by atoms with van der Waals surface area (Å²) in [6, 6.07) is 5.05. The highest BCUT2D eigenvalue weighted by Crippen LogP contribution is 2.33. The first kappa shape index (κ1) is 14.0. The molecule has 1 fully saturated rings. The molecule has 4 heteroatoms. The Kier molecular flexibility index (Phi) is 4.51. The van der Waals surface area contributed by atoms with Crippen LogP contribution in [0.25, 0.3) is 0 Å². The van der Waals surface area contributed by atoms with Crippen LogP contribution >= 0.6 is 0 Å².